The number of benzene rings is 2. The summed E-state index contributed by atoms with van der Waals surface area (Å²) in [4.78, 5) is 23.8. The molecule has 0 heterocycles. The Balaban J connectivity index is 1.81. The van der Waals surface area contributed by atoms with Gasteiger partial charge < -0.3 is 10.6 Å². The average molecular weight is 350 g/mol. The van der Waals surface area contributed by atoms with Crippen molar-refractivity contribution in [2.45, 2.75) is 19.5 Å². The molecule has 0 bridgehead atoms. The number of nitrogens with one attached hydrogen (secondary N) is 2. The van der Waals surface area contributed by atoms with E-state index in [0.29, 0.717) is 5.56 Å². The van der Waals surface area contributed by atoms with Crippen molar-refractivity contribution in [3.05, 3.63) is 65.2 Å². The predicted molar refractivity (Wildman–Crippen MR) is 88.2 cm³/mol. The van der Waals surface area contributed by atoms with E-state index in [-0.39, 0.29) is 24.6 Å². The minimum absolute atomic E-state index is 0.0125. The van der Waals surface area contributed by atoms with Gasteiger partial charge in [0.25, 0.3) is 5.91 Å². The van der Waals surface area contributed by atoms with Crippen LogP contribution in [-0.2, 0) is 11.0 Å². The summed E-state index contributed by atoms with van der Waals surface area (Å²) < 4.78 is 37.4. The van der Waals surface area contributed by atoms with Crippen molar-refractivity contribution < 1.29 is 22.8 Å². The first kappa shape index (κ1) is 18.5. The largest absolute Gasteiger partial charge is 0.416 e. The van der Waals surface area contributed by atoms with Crippen molar-refractivity contribution in [2.75, 3.05) is 11.9 Å². The Morgan fingerprint density at radius 1 is 1.00 bits per heavy atom. The number of rotatable bonds is 5. The lowest BCUT2D eigenvalue weighted by molar-refractivity contribution is -0.137. The van der Waals surface area contributed by atoms with Crippen molar-refractivity contribution in [1.82, 2.24) is 5.32 Å². The summed E-state index contributed by atoms with van der Waals surface area (Å²) in [5.74, 6) is -0.676. The summed E-state index contributed by atoms with van der Waals surface area (Å²) in [6.45, 7) is 1.94. The molecule has 0 spiro atoms. The fraction of sp³-hybridized carbons (Fsp3) is 0.222. The van der Waals surface area contributed by atoms with Gasteiger partial charge in [0.05, 0.1) is 5.56 Å². The highest BCUT2D eigenvalue weighted by Crippen LogP contribution is 2.29. The lowest BCUT2D eigenvalue weighted by Gasteiger charge is -2.10. The maximum atomic E-state index is 12.5. The van der Waals surface area contributed by atoms with Gasteiger partial charge in [0.15, 0.2) is 0 Å². The molecule has 0 saturated carbocycles. The number of hydrogen-bond acceptors (Lipinski definition) is 2. The quantitative estimate of drug-likeness (QED) is 0.862. The van der Waals surface area contributed by atoms with Crippen LogP contribution in [0.4, 0.5) is 18.9 Å². The number of halogens is 3. The first-order chi connectivity index (χ1) is 11.8. The van der Waals surface area contributed by atoms with E-state index < -0.39 is 17.6 Å². The Morgan fingerprint density at radius 2 is 1.64 bits per heavy atom. The zero-order chi connectivity index (χ0) is 18.4. The number of carbonyl (C=O) groups excluding carboxylic acids is 2. The van der Waals surface area contributed by atoms with Crippen LogP contribution in [0.25, 0.3) is 0 Å². The number of hydrogen-bond donors (Lipinski definition) is 2. The van der Waals surface area contributed by atoms with E-state index in [4.69, 9.17) is 0 Å². The maximum absolute atomic E-state index is 12.5. The minimum atomic E-state index is -4.41. The molecule has 0 unspecified atom stereocenters. The summed E-state index contributed by atoms with van der Waals surface area (Å²) in [5.41, 5.74) is 0.846. The lowest BCUT2D eigenvalue weighted by Crippen LogP contribution is -2.28. The summed E-state index contributed by atoms with van der Waals surface area (Å²) in [7, 11) is 0. The first-order valence-corrected chi connectivity index (χ1v) is 7.58. The molecule has 0 aliphatic carbocycles. The van der Waals surface area contributed by atoms with Crippen LogP contribution in [0.3, 0.4) is 0 Å². The van der Waals surface area contributed by atoms with Crippen molar-refractivity contribution in [1.29, 1.82) is 0 Å². The van der Waals surface area contributed by atoms with E-state index in [2.05, 4.69) is 10.6 Å². The van der Waals surface area contributed by atoms with Crippen molar-refractivity contribution >= 4 is 17.5 Å². The molecule has 7 heteroatoms. The first-order valence-electron chi connectivity index (χ1n) is 7.58. The molecule has 132 valence electrons. The summed E-state index contributed by atoms with van der Waals surface area (Å²) in [5, 5.41) is 5.12. The van der Waals surface area contributed by atoms with Gasteiger partial charge in [0, 0.05) is 24.2 Å². The Morgan fingerprint density at radius 3 is 2.24 bits per heavy atom. The molecule has 25 heavy (non-hydrogen) atoms. The highest BCUT2D eigenvalue weighted by atomic mass is 19.4. The molecule has 0 saturated heterocycles. The zero-order valence-electron chi connectivity index (χ0n) is 13.5. The molecule has 0 aliphatic heterocycles. The Kier molecular flexibility index (Phi) is 5.80. The fourth-order valence-electron chi connectivity index (χ4n) is 2.18. The molecule has 0 fully saturated rings. The van der Waals surface area contributed by atoms with Gasteiger partial charge >= 0.3 is 6.18 Å². The third-order valence-corrected chi connectivity index (χ3v) is 3.52. The molecule has 4 nitrogen and oxygen atoms in total. The van der Waals surface area contributed by atoms with E-state index in [1.54, 1.807) is 12.1 Å². The van der Waals surface area contributed by atoms with Crippen LogP contribution in [0, 0.1) is 6.92 Å². The number of anilines is 1. The molecule has 0 aliphatic rings. The van der Waals surface area contributed by atoms with E-state index in [1.807, 2.05) is 19.1 Å². The van der Waals surface area contributed by atoms with Crippen molar-refractivity contribution in [3.63, 3.8) is 0 Å². The second-order valence-corrected chi connectivity index (χ2v) is 5.44. The van der Waals surface area contributed by atoms with Crippen molar-refractivity contribution in [3.8, 4) is 0 Å². The van der Waals surface area contributed by atoms with Gasteiger partial charge in [-0.1, -0.05) is 18.2 Å². The standard InChI is InChI=1S/C18H17F3N2O2/c1-12-4-2-3-5-15(12)17(25)22-11-10-16(24)23-14-8-6-13(7-9-14)18(19,20)21/h2-9H,10-11H2,1H3,(H,22,25)(H,23,24). The molecule has 2 aromatic rings. The predicted octanol–water partition coefficient (Wildman–Crippen LogP) is 3.77. The highest BCUT2D eigenvalue weighted by Gasteiger charge is 2.29. The second kappa shape index (κ2) is 7.83. The average Bonchev–Trinajstić information content (AvgIpc) is 2.54. The minimum Gasteiger partial charge on any atom is -0.352 e. The van der Waals surface area contributed by atoms with Gasteiger partial charge in [-0.05, 0) is 42.8 Å². The zero-order valence-corrected chi connectivity index (χ0v) is 13.5. The van der Waals surface area contributed by atoms with Crippen LogP contribution < -0.4 is 10.6 Å². The van der Waals surface area contributed by atoms with Gasteiger partial charge in [-0.3, -0.25) is 9.59 Å². The molecule has 2 aromatic carbocycles. The lowest BCUT2D eigenvalue weighted by atomic mass is 10.1. The molecule has 2 rings (SSSR count). The van der Waals surface area contributed by atoms with Crippen molar-refractivity contribution in [2.24, 2.45) is 0 Å². The number of amides is 2. The molecule has 2 amide bonds. The number of carbonyl (C=O) groups is 2. The van der Waals surface area contributed by atoms with Crippen LogP contribution in [0.1, 0.15) is 27.9 Å². The van der Waals surface area contributed by atoms with Crippen LogP contribution >= 0.6 is 0 Å². The molecule has 0 aromatic heterocycles. The van der Waals surface area contributed by atoms with Gasteiger partial charge in [0.2, 0.25) is 5.91 Å². The Bertz CT molecular complexity index is 756. The second-order valence-electron chi connectivity index (χ2n) is 5.44. The Labute approximate surface area is 143 Å². The third-order valence-electron chi connectivity index (χ3n) is 3.52. The van der Waals surface area contributed by atoms with E-state index >= 15 is 0 Å². The smallest absolute Gasteiger partial charge is 0.352 e. The summed E-state index contributed by atoms with van der Waals surface area (Å²) >= 11 is 0. The normalized spacial score (nSPS) is 11.0. The topological polar surface area (TPSA) is 58.2 Å². The van der Waals surface area contributed by atoms with Gasteiger partial charge in [-0.25, -0.2) is 0 Å². The van der Waals surface area contributed by atoms with E-state index in [0.717, 1.165) is 17.7 Å². The number of alkyl halides is 3. The molecular formula is C18H17F3N2O2. The van der Waals surface area contributed by atoms with E-state index in [1.165, 1.54) is 12.1 Å². The molecule has 2 N–H and O–H groups in total. The van der Waals surface area contributed by atoms with Crippen LogP contribution in [-0.4, -0.2) is 18.4 Å². The van der Waals surface area contributed by atoms with Crippen LogP contribution in [0.5, 0.6) is 0 Å². The highest BCUT2D eigenvalue weighted by molar-refractivity contribution is 5.96. The monoisotopic (exact) mass is 350 g/mol. The maximum Gasteiger partial charge on any atom is 0.416 e. The van der Waals surface area contributed by atoms with E-state index in [9.17, 15) is 22.8 Å². The SMILES string of the molecule is Cc1ccccc1C(=O)NCCC(=O)Nc1ccc(C(F)(F)F)cc1. The summed E-state index contributed by atoms with van der Waals surface area (Å²) in [6, 6.07) is 11.2. The van der Waals surface area contributed by atoms with Crippen LogP contribution in [0.15, 0.2) is 48.5 Å². The van der Waals surface area contributed by atoms with Gasteiger partial charge in [-0.2, -0.15) is 13.2 Å². The van der Waals surface area contributed by atoms with Crippen LogP contribution in [0.2, 0.25) is 0 Å². The number of aryl methyl sites for hydroxylation is 1. The van der Waals surface area contributed by atoms with Gasteiger partial charge in [0.1, 0.15) is 0 Å². The fourth-order valence-corrected chi connectivity index (χ4v) is 2.18. The molecule has 0 atom stereocenters. The molecular weight excluding hydrogens is 333 g/mol. The summed E-state index contributed by atoms with van der Waals surface area (Å²) in [6.07, 6.45) is -4.40. The Hall–Kier alpha value is -2.83. The third kappa shape index (κ3) is 5.34. The van der Waals surface area contributed by atoms with Gasteiger partial charge in [-0.15, -0.1) is 0 Å². The molecule has 0 radical (unpaired) electrons.